The molecule has 0 radical (unpaired) electrons. The van der Waals surface area contributed by atoms with E-state index in [0.29, 0.717) is 11.3 Å². The summed E-state index contributed by atoms with van der Waals surface area (Å²) in [5, 5.41) is 12.2. The fraction of sp³-hybridized carbons (Fsp3) is 0.462. The third-order valence-electron chi connectivity index (χ3n) is 3.49. The topological polar surface area (TPSA) is 71.1 Å². The van der Waals surface area contributed by atoms with E-state index in [1.54, 1.807) is 12.1 Å². The van der Waals surface area contributed by atoms with Gasteiger partial charge in [0.2, 0.25) is 0 Å². The minimum Gasteiger partial charge on any atom is -0.397 e. The van der Waals surface area contributed by atoms with Gasteiger partial charge in [0.15, 0.2) is 0 Å². The molecule has 1 heterocycles. The molecule has 2 unspecified atom stereocenters. The van der Waals surface area contributed by atoms with Gasteiger partial charge in [0, 0.05) is 6.61 Å². The Morgan fingerprint density at radius 1 is 1.59 bits per heavy atom. The standard InChI is InChI=1S/C13H17N3O/c1-9-13(2,5-6-17-9)16-12-4-3-10(8-14)7-11(12)15/h3-4,7,9,16H,5-6,15H2,1-2H3. The van der Waals surface area contributed by atoms with Crippen LogP contribution in [0.2, 0.25) is 0 Å². The van der Waals surface area contributed by atoms with E-state index in [0.717, 1.165) is 18.7 Å². The first-order valence-corrected chi connectivity index (χ1v) is 5.74. The molecule has 1 aromatic rings. The van der Waals surface area contributed by atoms with Crippen molar-refractivity contribution in [3.05, 3.63) is 23.8 Å². The van der Waals surface area contributed by atoms with E-state index in [4.69, 9.17) is 15.7 Å². The van der Waals surface area contributed by atoms with Crippen LogP contribution < -0.4 is 11.1 Å². The summed E-state index contributed by atoms with van der Waals surface area (Å²) in [6.45, 7) is 4.95. The van der Waals surface area contributed by atoms with Crippen molar-refractivity contribution in [3.63, 3.8) is 0 Å². The van der Waals surface area contributed by atoms with Crippen molar-refractivity contribution in [1.82, 2.24) is 0 Å². The van der Waals surface area contributed by atoms with Crippen LogP contribution in [0.4, 0.5) is 11.4 Å². The number of nitrogens with two attached hydrogens (primary N) is 1. The Morgan fingerprint density at radius 3 is 2.88 bits per heavy atom. The lowest BCUT2D eigenvalue weighted by atomic mass is 9.94. The third kappa shape index (κ3) is 2.20. The van der Waals surface area contributed by atoms with Crippen molar-refractivity contribution < 1.29 is 4.74 Å². The van der Waals surface area contributed by atoms with Crippen molar-refractivity contribution >= 4 is 11.4 Å². The highest BCUT2D eigenvalue weighted by Gasteiger charge is 2.37. The number of nitriles is 1. The fourth-order valence-electron chi connectivity index (χ4n) is 2.05. The molecule has 0 spiro atoms. The van der Waals surface area contributed by atoms with E-state index < -0.39 is 0 Å². The van der Waals surface area contributed by atoms with E-state index in [9.17, 15) is 0 Å². The normalized spacial score (nSPS) is 27.7. The molecule has 0 aromatic heterocycles. The summed E-state index contributed by atoms with van der Waals surface area (Å²) in [5.74, 6) is 0. The van der Waals surface area contributed by atoms with Gasteiger partial charge in [0.05, 0.1) is 34.7 Å². The van der Waals surface area contributed by atoms with Crippen molar-refractivity contribution in [2.24, 2.45) is 0 Å². The molecule has 4 nitrogen and oxygen atoms in total. The van der Waals surface area contributed by atoms with Crippen LogP contribution >= 0.6 is 0 Å². The van der Waals surface area contributed by atoms with Crippen molar-refractivity contribution in [2.75, 3.05) is 17.7 Å². The molecule has 0 amide bonds. The van der Waals surface area contributed by atoms with E-state index in [1.165, 1.54) is 0 Å². The lowest BCUT2D eigenvalue weighted by Gasteiger charge is -2.30. The summed E-state index contributed by atoms with van der Waals surface area (Å²) in [6, 6.07) is 7.38. The molecule has 0 aliphatic carbocycles. The highest BCUT2D eigenvalue weighted by molar-refractivity contribution is 5.69. The maximum Gasteiger partial charge on any atom is 0.0992 e. The van der Waals surface area contributed by atoms with E-state index in [1.807, 2.05) is 6.07 Å². The second-order valence-corrected chi connectivity index (χ2v) is 4.72. The molecule has 1 aliphatic rings. The molecule has 1 fully saturated rings. The summed E-state index contributed by atoms with van der Waals surface area (Å²) in [4.78, 5) is 0. The smallest absolute Gasteiger partial charge is 0.0992 e. The molecule has 3 N–H and O–H groups in total. The molecule has 90 valence electrons. The Balaban J connectivity index is 2.22. The fourth-order valence-corrected chi connectivity index (χ4v) is 2.05. The average Bonchev–Trinajstić information content (AvgIpc) is 2.62. The zero-order valence-electron chi connectivity index (χ0n) is 10.2. The molecule has 1 aliphatic heterocycles. The maximum atomic E-state index is 8.78. The first-order chi connectivity index (χ1) is 8.05. The monoisotopic (exact) mass is 231 g/mol. The number of nitrogens with zero attached hydrogens (tertiary/aromatic N) is 1. The van der Waals surface area contributed by atoms with Gasteiger partial charge in [-0.15, -0.1) is 0 Å². The predicted molar refractivity (Wildman–Crippen MR) is 67.6 cm³/mol. The first kappa shape index (κ1) is 11.7. The van der Waals surface area contributed by atoms with Gasteiger partial charge in [0.1, 0.15) is 0 Å². The number of hydrogen-bond donors (Lipinski definition) is 2. The molecule has 2 rings (SSSR count). The van der Waals surface area contributed by atoms with Gasteiger partial charge in [-0.05, 0) is 38.5 Å². The van der Waals surface area contributed by atoms with Crippen LogP contribution in [-0.4, -0.2) is 18.2 Å². The van der Waals surface area contributed by atoms with Crippen molar-refractivity contribution in [2.45, 2.75) is 31.9 Å². The molecular weight excluding hydrogens is 214 g/mol. The molecule has 0 saturated carbocycles. The van der Waals surface area contributed by atoms with Gasteiger partial charge < -0.3 is 15.8 Å². The van der Waals surface area contributed by atoms with Crippen LogP contribution in [0.1, 0.15) is 25.8 Å². The molecule has 2 atom stereocenters. The SMILES string of the molecule is CC1OCCC1(C)Nc1ccc(C#N)cc1N. The summed E-state index contributed by atoms with van der Waals surface area (Å²) in [6.07, 6.45) is 1.10. The number of ether oxygens (including phenoxy) is 1. The Kier molecular flexibility index (Phi) is 2.95. The number of anilines is 2. The summed E-state index contributed by atoms with van der Waals surface area (Å²) >= 11 is 0. The number of nitrogen functional groups attached to an aromatic ring is 1. The van der Waals surface area contributed by atoms with Crippen LogP contribution in [0.15, 0.2) is 18.2 Å². The molecule has 4 heteroatoms. The van der Waals surface area contributed by atoms with Crippen LogP contribution in [0.3, 0.4) is 0 Å². The van der Waals surface area contributed by atoms with Crippen LogP contribution in [0.25, 0.3) is 0 Å². The highest BCUT2D eigenvalue weighted by Crippen LogP contribution is 2.31. The van der Waals surface area contributed by atoms with E-state index >= 15 is 0 Å². The third-order valence-corrected chi connectivity index (χ3v) is 3.49. The van der Waals surface area contributed by atoms with Crippen molar-refractivity contribution in [3.8, 4) is 6.07 Å². The largest absolute Gasteiger partial charge is 0.397 e. The quantitative estimate of drug-likeness (QED) is 0.765. The average molecular weight is 231 g/mol. The summed E-state index contributed by atoms with van der Waals surface area (Å²) in [7, 11) is 0. The van der Waals surface area contributed by atoms with Crippen molar-refractivity contribution in [1.29, 1.82) is 5.26 Å². The molecular formula is C13H17N3O. The Morgan fingerprint density at radius 2 is 2.35 bits per heavy atom. The minimum absolute atomic E-state index is 0.0950. The number of benzene rings is 1. The minimum atomic E-state index is -0.0950. The molecule has 0 bridgehead atoms. The zero-order valence-corrected chi connectivity index (χ0v) is 10.2. The molecule has 1 aromatic carbocycles. The molecule has 1 saturated heterocycles. The Labute approximate surface area is 101 Å². The van der Waals surface area contributed by atoms with Gasteiger partial charge >= 0.3 is 0 Å². The maximum absolute atomic E-state index is 8.78. The predicted octanol–water partition coefficient (Wildman–Crippen LogP) is 2.12. The summed E-state index contributed by atoms with van der Waals surface area (Å²) in [5.41, 5.74) is 7.87. The Hall–Kier alpha value is -1.73. The molecule has 17 heavy (non-hydrogen) atoms. The van der Waals surface area contributed by atoms with E-state index in [2.05, 4.69) is 25.2 Å². The number of nitrogens with one attached hydrogen (secondary N) is 1. The number of rotatable bonds is 2. The second-order valence-electron chi connectivity index (χ2n) is 4.72. The van der Waals surface area contributed by atoms with Gasteiger partial charge in [-0.1, -0.05) is 0 Å². The van der Waals surface area contributed by atoms with Crippen LogP contribution in [-0.2, 0) is 4.74 Å². The second kappa shape index (κ2) is 4.27. The zero-order chi connectivity index (χ0) is 12.5. The van der Waals surface area contributed by atoms with Crippen LogP contribution in [0.5, 0.6) is 0 Å². The van der Waals surface area contributed by atoms with Gasteiger partial charge in [0.25, 0.3) is 0 Å². The Bertz CT molecular complexity index is 466. The van der Waals surface area contributed by atoms with Gasteiger partial charge in [-0.3, -0.25) is 0 Å². The lowest BCUT2D eigenvalue weighted by Crippen LogP contribution is -2.41. The summed E-state index contributed by atoms with van der Waals surface area (Å²) < 4.78 is 5.57. The first-order valence-electron chi connectivity index (χ1n) is 5.74. The van der Waals surface area contributed by atoms with Crippen LogP contribution in [0, 0.1) is 11.3 Å². The number of hydrogen-bond acceptors (Lipinski definition) is 4. The van der Waals surface area contributed by atoms with Gasteiger partial charge in [-0.25, -0.2) is 0 Å². The van der Waals surface area contributed by atoms with E-state index in [-0.39, 0.29) is 11.6 Å². The van der Waals surface area contributed by atoms with Gasteiger partial charge in [-0.2, -0.15) is 5.26 Å². The highest BCUT2D eigenvalue weighted by atomic mass is 16.5. The lowest BCUT2D eigenvalue weighted by molar-refractivity contribution is 0.105.